The van der Waals surface area contributed by atoms with Crippen LogP contribution in [0.25, 0.3) is 0 Å². The van der Waals surface area contributed by atoms with Crippen LogP contribution in [0.15, 0.2) is 36.5 Å². The Hall–Kier alpha value is -1.73. The Morgan fingerprint density at radius 1 is 0.591 bits per heavy atom. The molecule has 0 aliphatic carbocycles. The van der Waals surface area contributed by atoms with Crippen LogP contribution in [0.3, 0.4) is 0 Å². The molecule has 0 aromatic heterocycles. The third-order valence-corrected chi connectivity index (χ3v) is 7.62. The van der Waals surface area contributed by atoms with E-state index >= 15 is 0 Å². The molecule has 9 heteroatoms. The second-order valence-corrected chi connectivity index (χ2v) is 12.7. The van der Waals surface area contributed by atoms with Gasteiger partial charge in [-0.3, -0.25) is 14.1 Å². The van der Waals surface area contributed by atoms with Gasteiger partial charge < -0.3 is 19.3 Å². The van der Waals surface area contributed by atoms with Crippen molar-refractivity contribution in [1.82, 2.24) is 0 Å². The van der Waals surface area contributed by atoms with Gasteiger partial charge in [0.25, 0.3) is 0 Å². The zero-order valence-electron chi connectivity index (χ0n) is 27.8. The summed E-state index contributed by atoms with van der Waals surface area (Å²) < 4.78 is 26.2. The molecule has 256 valence electrons. The minimum atomic E-state index is -4.75. The number of rotatable bonds is 31. The zero-order chi connectivity index (χ0) is 32.6. The van der Waals surface area contributed by atoms with Crippen molar-refractivity contribution in [2.45, 2.75) is 161 Å². The lowest BCUT2D eigenvalue weighted by Gasteiger charge is -2.18. The van der Waals surface area contributed by atoms with E-state index in [0.717, 1.165) is 64.2 Å². The number of esters is 2. The molecule has 8 nitrogen and oxygen atoms in total. The Balaban J connectivity index is 4.07. The summed E-state index contributed by atoms with van der Waals surface area (Å²) in [6.07, 6.45) is 34.4. The van der Waals surface area contributed by atoms with Gasteiger partial charge in [-0.15, -0.1) is 0 Å². The molecule has 0 bridgehead atoms. The molecule has 0 radical (unpaired) electrons. The number of ether oxygens (including phenoxy) is 2. The van der Waals surface area contributed by atoms with E-state index in [1.165, 1.54) is 51.4 Å². The summed E-state index contributed by atoms with van der Waals surface area (Å²) in [6, 6.07) is 0. The van der Waals surface area contributed by atoms with Crippen LogP contribution >= 0.6 is 7.82 Å². The van der Waals surface area contributed by atoms with Gasteiger partial charge >= 0.3 is 19.8 Å². The normalized spacial score (nSPS) is 12.9. The highest BCUT2D eigenvalue weighted by molar-refractivity contribution is 7.46. The van der Waals surface area contributed by atoms with Gasteiger partial charge in [-0.25, -0.2) is 4.57 Å². The van der Waals surface area contributed by atoms with E-state index < -0.39 is 32.5 Å². The van der Waals surface area contributed by atoms with E-state index in [1.54, 1.807) is 0 Å². The SMILES string of the molecule is CCCC/C=C/CCCCCCCC(=O)O[C@H](COC(=O)CCCC/C=C/C/C=C/CCCCCCCC)COP(=O)(O)O. The monoisotopic (exact) mass is 642 g/mol. The van der Waals surface area contributed by atoms with Gasteiger partial charge in [0.1, 0.15) is 6.61 Å². The first kappa shape index (κ1) is 42.3. The lowest BCUT2D eigenvalue weighted by atomic mass is 10.1. The van der Waals surface area contributed by atoms with Crippen LogP contribution < -0.4 is 0 Å². The number of phosphoric acid groups is 1. The van der Waals surface area contributed by atoms with Crippen molar-refractivity contribution in [3.63, 3.8) is 0 Å². The van der Waals surface area contributed by atoms with Crippen LogP contribution in [-0.2, 0) is 28.2 Å². The van der Waals surface area contributed by atoms with E-state index in [9.17, 15) is 14.2 Å². The lowest BCUT2D eigenvalue weighted by molar-refractivity contribution is -0.161. The minimum absolute atomic E-state index is 0.194. The van der Waals surface area contributed by atoms with Crippen molar-refractivity contribution in [3.05, 3.63) is 36.5 Å². The first-order valence-electron chi connectivity index (χ1n) is 17.3. The zero-order valence-corrected chi connectivity index (χ0v) is 28.7. The molecule has 0 heterocycles. The molecule has 0 aliphatic heterocycles. The fraction of sp³-hybridized carbons (Fsp3) is 0.771. The summed E-state index contributed by atoms with van der Waals surface area (Å²) in [4.78, 5) is 42.5. The van der Waals surface area contributed by atoms with Gasteiger partial charge in [-0.2, -0.15) is 0 Å². The molecule has 0 saturated heterocycles. The summed E-state index contributed by atoms with van der Waals surface area (Å²) in [5.41, 5.74) is 0. The Kier molecular flexibility index (Phi) is 30.0. The van der Waals surface area contributed by atoms with Crippen molar-refractivity contribution >= 4 is 19.8 Å². The van der Waals surface area contributed by atoms with Gasteiger partial charge in [-0.05, 0) is 64.2 Å². The summed E-state index contributed by atoms with van der Waals surface area (Å²) in [5.74, 6) is -0.938. The number of carbonyl (C=O) groups excluding carboxylic acids is 2. The summed E-state index contributed by atoms with van der Waals surface area (Å²) >= 11 is 0. The third kappa shape index (κ3) is 33.2. The average molecular weight is 643 g/mol. The van der Waals surface area contributed by atoms with E-state index in [2.05, 4.69) is 54.8 Å². The topological polar surface area (TPSA) is 119 Å². The molecule has 0 amide bonds. The number of hydrogen-bond acceptors (Lipinski definition) is 6. The van der Waals surface area contributed by atoms with Crippen LogP contribution in [0.1, 0.15) is 155 Å². The van der Waals surface area contributed by atoms with Crippen LogP contribution in [-0.4, -0.2) is 41.0 Å². The molecule has 2 N–H and O–H groups in total. The second kappa shape index (κ2) is 31.3. The van der Waals surface area contributed by atoms with Crippen LogP contribution in [0, 0.1) is 0 Å². The molecule has 0 rings (SSSR count). The molecule has 0 unspecified atom stereocenters. The molecule has 0 aliphatic rings. The van der Waals surface area contributed by atoms with Crippen molar-refractivity contribution in [3.8, 4) is 0 Å². The highest BCUT2D eigenvalue weighted by Crippen LogP contribution is 2.35. The van der Waals surface area contributed by atoms with E-state index in [4.69, 9.17) is 19.3 Å². The molecule has 0 saturated carbocycles. The molecular formula is C35H63O8P. The number of carbonyl (C=O) groups is 2. The minimum Gasteiger partial charge on any atom is -0.462 e. The van der Waals surface area contributed by atoms with Gasteiger partial charge in [0.05, 0.1) is 6.61 Å². The second-order valence-electron chi connectivity index (χ2n) is 11.5. The summed E-state index contributed by atoms with van der Waals surface area (Å²) in [7, 11) is -4.75. The largest absolute Gasteiger partial charge is 0.469 e. The maximum Gasteiger partial charge on any atom is 0.469 e. The highest BCUT2D eigenvalue weighted by atomic mass is 31.2. The maximum absolute atomic E-state index is 12.3. The molecular weight excluding hydrogens is 579 g/mol. The van der Waals surface area contributed by atoms with Crippen LogP contribution in [0.2, 0.25) is 0 Å². The van der Waals surface area contributed by atoms with Crippen molar-refractivity contribution < 1.29 is 37.9 Å². The lowest BCUT2D eigenvalue weighted by Crippen LogP contribution is -2.29. The highest BCUT2D eigenvalue weighted by Gasteiger charge is 2.22. The quantitative estimate of drug-likeness (QED) is 0.0332. The Morgan fingerprint density at radius 2 is 1.05 bits per heavy atom. The Morgan fingerprint density at radius 3 is 1.64 bits per heavy atom. The third-order valence-electron chi connectivity index (χ3n) is 7.13. The number of allylic oxidation sites excluding steroid dienone is 6. The molecule has 0 aromatic carbocycles. The fourth-order valence-corrected chi connectivity index (χ4v) is 4.86. The van der Waals surface area contributed by atoms with Gasteiger partial charge in [0, 0.05) is 12.8 Å². The molecule has 0 spiro atoms. The molecule has 0 aromatic rings. The van der Waals surface area contributed by atoms with Gasteiger partial charge in [0.2, 0.25) is 0 Å². The van der Waals surface area contributed by atoms with Crippen molar-refractivity contribution in [2.24, 2.45) is 0 Å². The predicted molar refractivity (Wildman–Crippen MR) is 179 cm³/mol. The van der Waals surface area contributed by atoms with E-state index in [0.29, 0.717) is 12.8 Å². The predicted octanol–water partition coefficient (Wildman–Crippen LogP) is 9.84. The van der Waals surface area contributed by atoms with E-state index in [-0.39, 0.29) is 19.4 Å². The average Bonchev–Trinajstić information content (AvgIpc) is 2.98. The Labute approximate surface area is 268 Å². The maximum atomic E-state index is 12.3. The number of hydrogen-bond donors (Lipinski definition) is 2. The van der Waals surface area contributed by atoms with Gasteiger partial charge in [-0.1, -0.05) is 115 Å². The standard InChI is InChI=1S/C35H63O8P/c1-3-5-7-9-11-13-15-16-17-18-20-21-23-25-27-29-34(36)41-31-33(32-42-44(38,39)40)43-35(37)30-28-26-24-22-19-14-12-10-8-6-4-2/h10,12,16-17,20-21,33H,3-9,11,13-15,18-19,22-32H2,1-2H3,(H2,38,39,40)/b12-10+,17-16+,21-20+/t33-/m1/s1. The Bertz CT molecular complexity index is 818. The van der Waals surface area contributed by atoms with E-state index in [1.807, 2.05) is 0 Å². The van der Waals surface area contributed by atoms with Crippen molar-refractivity contribution in [2.75, 3.05) is 13.2 Å². The summed E-state index contributed by atoms with van der Waals surface area (Å²) in [5, 5.41) is 0. The number of unbranched alkanes of at least 4 members (excludes halogenated alkanes) is 15. The summed E-state index contributed by atoms with van der Waals surface area (Å²) in [6.45, 7) is 3.57. The molecule has 44 heavy (non-hydrogen) atoms. The van der Waals surface area contributed by atoms with Gasteiger partial charge in [0.15, 0.2) is 6.10 Å². The first-order valence-corrected chi connectivity index (χ1v) is 18.8. The molecule has 0 fully saturated rings. The van der Waals surface area contributed by atoms with Crippen molar-refractivity contribution in [1.29, 1.82) is 0 Å². The molecule has 1 atom stereocenters. The van der Waals surface area contributed by atoms with Crippen LogP contribution in [0.5, 0.6) is 0 Å². The smallest absolute Gasteiger partial charge is 0.462 e. The number of phosphoric ester groups is 1. The first-order chi connectivity index (χ1) is 21.3. The fourth-order valence-electron chi connectivity index (χ4n) is 4.50. The van der Waals surface area contributed by atoms with Crippen LogP contribution in [0.4, 0.5) is 0 Å².